The summed E-state index contributed by atoms with van der Waals surface area (Å²) < 4.78 is 70.2. The lowest BCUT2D eigenvalue weighted by Crippen LogP contribution is -2.39. The third-order valence-corrected chi connectivity index (χ3v) is 6.65. The van der Waals surface area contributed by atoms with Gasteiger partial charge in [-0.25, -0.2) is 18.1 Å². The number of hydrogen-bond donors (Lipinski definition) is 2. The van der Waals surface area contributed by atoms with E-state index in [4.69, 9.17) is 4.74 Å². The van der Waals surface area contributed by atoms with Crippen molar-refractivity contribution in [2.24, 2.45) is 0 Å². The summed E-state index contributed by atoms with van der Waals surface area (Å²) in [5.74, 6) is 1.64. The van der Waals surface area contributed by atoms with Crippen molar-refractivity contribution >= 4 is 26.9 Å². The van der Waals surface area contributed by atoms with Gasteiger partial charge in [0.1, 0.15) is 11.6 Å². The van der Waals surface area contributed by atoms with Gasteiger partial charge in [-0.1, -0.05) is 6.07 Å². The van der Waals surface area contributed by atoms with Crippen LogP contribution in [0.4, 0.5) is 19.1 Å². The molecule has 0 aliphatic heterocycles. The minimum absolute atomic E-state index is 0.0205. The molecule has 8 nitrogen and oxygen atoms in total. The normalized spacial score (nSPS) is 19.1. The number of fused-ring (bicyclic) bond motifs is 1. The van der Waals surface area contributed by atoms with Crippen molar-refractivity contribution in [3.05, 3.63) is 42.7 Å². The number of anilines is 1. The Morgan fingerprint density at radius 1 is 1.11 bits per heavy atom. The lowest BCUT2D eigenvalue weighted by molar-refractivity contribution is -0.136. The maximum Gasteiger partial charge on any atom is 0.389 e. The van der Waals surface area contributed by atoms with Crippen LogP contribution < -0.4 is 14.8 Å². The van der Waals surface area contributed by atoms with Crippen molar-refractivity contribution in [2.75, 3.05) is 18.2 Å². The summed E-state index contributed by atoms with van der Waals surface area (Å²) in [5, 5.41) is 4.12. The fourth-order valence-electron chi connectivity index (χ4n) is 4.31. The second-order valence-corrected chi connectivity index (χ2v) is 10.5. The van der Waals surface area contributed by atoms with Gasteiger partial charge in [-0.15, -0.1) is 0 Å². The Kier molecular flexibility index (Phi) is 7.50. The summed E-state index contributed by atoms with van der Waals surface area (Å²) in [6.45, 7) is -0.0205. The highest BCUT2D eigenvalue weighted by Gasteiger charge is 2.26. The van der Waals surface area contributed by atoms with Crippen LogP contribution in [0.3, 0.4) is 0 Å². The zero-order valence-corrected chi connectivity index (χ0v) is 20.1. The number of halogens is 3. The zero-order chi connectivity index (χ0) is 25.1. The molecule has 1 aliphatic rings. The summed E-state index contributed by atoms with van der Waals surface area (Å²) in [6, 6.07) is 9.13. The minimum atomic E-state index is -4.19. The maximum atomic E-state index is 12.4. The molecule has 0 bridgehead atoms. The first-order chi connectivity index (χ1) is 16.6. The molecule has 0 unspecified atom stereocenters. The van der Waals surface area contributed by atoms with Gasteiger partial charge in [-0.2, -0.15) is 18.2 Å². The van der Waals surface area contributed by atoms with E-state index in [1.165, 1.54) is 6.26 Å². The first kappa shape index (κ1) is 25.2. The van der Waals surface area contributed by atoms with Gasteiger partial charge in [0, 0.05) is 36.3 Å². The predicted octanol–water partition coefficient (Wildman–Crippen LogP) is 4.41. The molecule has 1 saturated carbocycles. The Hall–Kier alpha value is -2.86. The second-order valence-electron chi connectivity index (χ2n) is 8.76. The minimum Gasteiger partial charge on any atom is -0.493 e. The number of benzene rings is 1. The highest BCUT2D eigenvalue weighted by atomic mass is 32.2. The predicted molar refractivity (Wildman–Crippen MR) is 127 cm³/mol. The lowest BCUT2D eigenvalue weighted by Gasteiger charge is -2.29. The molecule has 35 heavy (non-hydrogen) atoms. The number of hydrogen-bond acceptors (Lipinski definition) is 6. The SMILES string of the molecule is CS(=O)(=O)N[C@H]1CC[C@H](Nc2nccc(-n3ccc4c(OCCCC(F)(F)F)cccc43)n2)CC1. The van der Waals surface area contributed by atoms with E-state index >= 15 is 0 Å². The Labute approximate surface area is 202 Å². The first-order valence-corrected chi connectivity index (χ1v) is 13.3. The van der Waals surface area contributed by atoms with Crippen LogP contribution in [0.1, 0.15) is 38.5 Å². The van der Waals surface area contributed by atoms with Gasteiger partial charge in [0.2, 0.25) is 16.0 Å². The van der Waals surface area contributed by atoms with E-state index < -0.39 is 22.6 Å². The van der Waals surface area contributed by atoms with Gasteiger partial charge in [0.15, 0.2) is 0 Å². The molecule has 0 amide bonds. The van der Waals surface area contributed by atoms with Crippen LogP contribution in [0, 0.1) is 0 Å². The molecule has 3 aromatic rings. The summed E-state index contributed by atoms with van der Waals surface area (Å²) >= 11 is 0. The van der Waals surface area contributed by atoms with Crippen LogP contribution in [0.25, 0.3) is 16.7 Å². The van der Waals surface area contributed by atoms with E-state index in [1.54, 1.807) is 24.4 Å². The number of nitrogens with zero attached hydrogens (tertiary/aromatic N) is 3. The summed E-state index contributed by atoms with van der Waals surface area (Å²) in [7, 11) is -3.22. The second kappa shape index (κ2) is 10.4. The molecule has 190 valence electrons. The molecule has 1 aromatic carbocycles. The van der Waals surface area contributed by atoms with E-state index in [2.05, 4.69) is 20.0 Å². The number of aromatic nitrogens is 3. The van der Waals surface area contributed by atoms with Crippen molar-refractivity contribution in [3.8, 4) is 11.6 Å². The Balaban J connectivity index is 1.42. The van der Waals surface area contributed by atoms with E-state index in [0.29, 0.717) is 17.5 Å². The van der Waals surface area contributed by atoms with Crippen molar-refractivity contribution in [1.29, 1.82) is 0 Å². The quantitative estimate of drug-likeness (QED) is 0.413. The first-order valence-electron chi connectivity index (χ1n) is 11.4. The molecule has 2 aromatic heterocycles. The largest absolute Gasteiger partial charge is 0.493 e. The molecule has 0 radical (unpaired) electrons. The van der Waals surface area contributed by atoms with Gasteiger partial charge in [-0.3, -0.25) is 0 Å². The number of ether oxygens (including phenoxy) is 1. The van der Waals surface area contributed by atoms with Crippen molar-refractivity contribution in [1.82, 2.24) is 19.3 Å². The standard InChI is InChI=1S/C23H28F3N5O3S/c1-35(32,33)30-17-8-6-16(7-9-17)28-22-27-13-10-21(29-22)31-14-11-18-19(31)4-2-5-20(18)34-15-3-12-23(24,25)26/h2,4-5,10-11,13-14,16-17,30H,3,6-9,12,15H2,1H3,(H,27,28,29)/t16-,17-. The molecule has 0 atom stereocenters. The van der Waals surface area contributed by atoms with Crippen molar-refractivity contribution in [3.63, 3.8) is 0 Å². The van der Waals surface area contributed by atoms with Crippen molar-refractivity contribution < 1.29 is 26.3 Å². The average molecular weight is 512 g/mol. The molecule has 1 fully saturated rings. The van der Waals surface area contributed by atoms with E-state index in [9.17, 15) is 21.6 Å². The van der Waals surface area contributed by atoms with E-state index in [-0.39, 0.29) is 25.1 Å². The zero-order valence-electron chi connectivity index (χ0n) is 19.3. The Morgan fingerprint density at radius 3 is 2.57 bits per heavy atom. The molecule has 0 spiro atoms. The molecular formula is C23H28F3N5O3S. The van der Waals surface area contributed by atoms with Gasteiger partial charge in [-0.05, 0) is 56.4 Å². The van der Waals surface area contributed by atoms with Crippen LogP contribution >= 0.6 is 0 Å². The Morgan fingerprint density at radius 2 is 1.86 bits per heavy atom. The maximum absolute atomic E-state index is 12.4. The third-order valence-electron chi connectivity index (χ3n) is 5.88. The molecule has 4 rings (SSSR count). The van der Waals surface area contributed by atoms with Gasteiger partial charge < -0.3 is 14.6 Å². The van der Waals surface area contributed by atoms with E-state index in [1.807, 2.05) is 22.9 Å². The number of nitrogens with one attached hydrogen (secondary N) is 2. The topological polar surface area (TPSA) is 98.1 Å². The molecule has 12 heteroatoms. The number of sulfonamides is 1. The highest BCUT2D eigenvalue weighted by Crippen LogP contribution is 2.29. The smallest absolute Gasteiger partial charge is 0.389 e. The Bertz CT molecular complexity index is 1250. The summed E-state index contributed by atoms with van der Waals surface area (Å²) in [6.07, 6.45) is 2.55. The monoisotopic (exact) mass is 511 g/mol. The fourth-order valence-corrected chi connectivity index (χ4v) is 5.15. The molecular weight excluding hydrogens is 483 g/mol. The summed E-state index contributed by atoms with van der Waals surface area (Å²) in [5.41, 5.74) is 0.815. The average Bonchev–Trinajstić information content (AvgIpc) is 3.22. The van der Waals surface area contributed by atoms with Crippen LogP contribution in [0.15, 0.2) is 42.7 Å². The third kappa shape index (κ3) is 7.07. The van der Waals surface area contributed by atoms with Crippen LogP contribution in [-0.2, 0) is 10.0 Å². The van der Waals surface area contributed by atoms with Gasteiger partial charge >= 0.3 is 6.18 Å². The lowest BCUT2D eigenvalue weighted by atomic mass is 9.92. The highest BCUT2D eigenvalue weighted by molar-refractivity contribution is 7.88. The van der Waals surface area contributed by atoms with Crippen LogP contribution in [-0.4, -0.2) is 54.1 Å². The molecule has 0 saturated heterocycles. The van der Waals surface area contributed by atoms with Crippen LogP contribution in [0.2, 0.25) is 0 Å². The van der Waals surface area contributed by atoms with Crippen LogP contribution in [0.5, 0.6) is 5.75 Å². The molecule has 2 heterocycles. The van der Waals surface area contributed by atoms with Crippen molar-refractivity contribution in [2.45, 2.75) is 56.8 Å². The van der Waals surface area contributed by atoms with E-state index in [0.717, 1.165) is 36.6 Å². The molecule has 2 N–H and O–H groups in total. The summed E-state index contributed by atoms with van der Waals surface area (Å²) in [4.78, 5) is 8.96. The molecule has 1 aliphatic carbocycles. The van der Waals surface area contributed by atoms with Gasteiger partial charge in [0.05, 0.1) is 18.4 Å². The fraction of sp³-hybridized carbons (Fsp3) is 0.478. The number of rotatable bonds is 9. The van der Waals surface area contributed by atoms with Gasteiger partial charge in [0.25, 0.3) is 0 Å². The number of alkyl halides is 3.